The van der Waals surface area contributed by atoms with Crippen LogP contribution in [0.3, 0.4) is 0 Å². The van der Waals surface area contributed by atoms with Crippen LogP contribution in [0.25, 0.3) is 0 Å². The lowest BCUT2D eigenvalue weighted by Crippen LogP contribution is -2.30. The Bertz CT molecular complexity index is 1630. The first kappa shape index (κ1) is 59.5. The largest absolute Gasteiger partial charge is 0.462 e. The van der Waals surface area contributed by atoms with Crippen molar-refractivity contribution < 1.29 is 28.6 Å². The average Bonchev–Trinajstić information content (AvgIpc) is 3.30. The predicted molar refractivity (Wildman–Crippen MR) is 278 cm³/mol. The van der Waals surface area contributed by atoms with Crippen LogP contribution in [0, 0.1) is 0 Å². The van der Waals surface area contributed by atoms with Crippen LogP contribution < -0.4 is 0 Å². The molecule has 356 valence electrons. The molecular formula is C59H84O6. The molecular weight excluding hydrogens is 805 g/mol. The van der Waals surface area contributed by atoms with Gasteiger partial charge in [0.05, 0.1) is 0 Å². The van der Waals surface area contributed by atoms with Gasteiger partial charge in [-0.25, -0.2) is 0 Å². The van der Waals surface area contributed by atoms with Crippen molar-refractivity contribution in [1.82, 2.24) is 0 Å². The zero-order chi connectivity index (χ0) is 47.2. The summed E-state index contributed by atoms with van der Waals surface area (Å²) in [6.45, 7) is 6.07. The number of carbonyl (C=O) groups excluding carboxylic acids is 3. The molecule has 6 heteroatoms. The highest BCUT2D eigenvalue weighted by Crippen LogP contribution is 2.09. The maximum atomic E-state index is 12.8. The summed E-state index contributed by atoms with van der Waals surface area (Å²) in [6.07, 6.45) is 77.4. The highest BCUT2D eigenvalue weighted by atomic mass is 16.6. The smallest absolute Gasteiger partial charge is 0.306 e. The van der Waals surface area contributed by atoms with Crippen molar-refractivity contribution in [3.63, 3.8) is 0 Å². The maximum Gasteiger partial charge on any atom is 0.306 e. The SMILES string of the molecule is CC\C=C/C=C\C=C/C=C\C=C\C=C/C=C\CCCCCC(=O)OCC(COC(=O)CCC/C=C\C/C=C\C/C=C\CC)OC(=O)CCC/C=C\C/C=C\C/C=C\C/C=C\C/C=C\CC. The second-order valence-electron chi connectivity index (χ2n) is 15.1. The Balaban J connectivity index is 4.67. The molecule has 65 heavy (non-hydrogen) atoms. The minimum absolute atomic E-state index is 0.151. The lowest BCUT2D eigenvalue weighted by Gasteiger charge is -2.18. The summed E-state index contributed by atoms with van der Waals surface area (Å²) in [5.74, 6) is -1.13. The molecule has 1 atom stereocenters. The van der Waals surface area contributed by atoms with Crippen molar-refractivity contribution in [2.75, 3.05) is 13.2 Å². The van der Waals surface area contributed by atoms with Crippen molar-refractivity contribution >= 4 is 17.9 Å². The van der Waals surface area contributed by atoms with Gasteiger partial charge in [0.25, 0.3) is 0 Å². The molecule has 0 aliphatic carbocycles. The van der Waals surface area contributed by atoms with Crippen LogP contribution in [0.15, 0.2) is 182 Å². The minimum Gasteiger partial charge on any atom is -0.462 e. The van der Waals surface area contributed by atoms with Gasteiger partial charge in [0, 0.05) is 19.3 Å². The molecule has 0 saturated carbocycles. The molecule has 0 N–H and O–H groups in total. The normalized spacial score (nSPS) is 13.7. The molecule has 0 bridgehead atoms. The van der Waals surface area contributed by atoms with Gasteiger partial charge in [0.15, 0.2) is 6.10 Å². The summed E-state index contributed by atoms with van der Waals surface area (Å²) < 4.78 is 16.6. The summed E-state index contributed by atoms with van der Waals surface area (Å²) >= 11 is 0. The molecule has 0 fully saturated rings. The molecule has 0 aliphatic rings. The second-order valence-corrected chi connectivity index (χ2v) is 15.1. The van der Waals surface area contributed by atoms with E-state index in [9.17, 15) is 14.4 Å². The Morgan fingerprint density at radius 2 is 0.646 bits per heavy atom. The van der Waals surface area contributed by atoms with Crippen molar-refractivity contribution in [2.45, 2.75) is 155 Å². The molecule has 0 aromatic carbocycles. The third-order valence-electron chi connectivity index (χ3n) is 9.08. The van der Waals surface area contributed by atoms with Crippen molar-refractivity contribution in [2.24, 2.45) is 0 Å². The Kier molecular flexibility index (Phi) is 46.8. The number of unbranched alkanes of at least 4 members (excludes halogenated alkanes) is 5. The van der Waals surface area contributed by atoms with E-state index in [1.807, 2.05) is 72.9 Å². The van der Waals surface area contributed by atoms with E-state index in [2.05, 4.69) is 130 Å². The van der Waals surface area contributed by atoms with Crippen LogP contribution in [0.5, 0.6) is 0 Å². The number of hydrogen-bond donors (Lipinski definition) is 0. The maximum absolute atomic E-state index is 12.8. The van der Waals surface area contributed by atoms with Crippen LogP contribution in [-0.2, 0) is 28.6 Å². The van der Waals surface area contributed by atoms with Gasteiger partial charge >= 0.3 is 17.9 Å². The zero-order valence-corrected chi connectivity index (χ0v) is 40.4. The van der Waals surface area contributed by atoms with E-state index in [0.717, 1.165) is 89.9 Å². The molecule has 0 radical (unpaired) electrons. The fourth-order valence-electron chi connectivity index (χ4n) is 5.54. The molecule has 0 aromatic heterocycles. The molecule has 6 nitrogen and oxygen atoms in total. The summed E-state index contributed by atoms with van der Waals surface area (Å²) in [6, 6.07) is 0. The highest BCUT2D eigenvalue weighted by molar-refractivity contribution is 5.71. The molecule has 0 heterocycles. The Hall–Kier alpha value is -5.49. The second kappa shape index (κ2) is 51.1. The monoisotopic (exact) mass is 889 g/mol. The summed E-state index contributed by atoms with van der Waals surface area (Å²) in [7, 11) is 0. The van der Waals surface area contributed by atoms with E-state index in [4.69, 9.17) is 14.2 Å². The van der Waals surface area contributed by atoms with Gasteiger partial charge in [-0.2, -0.15) is 0 Å². The van der Waals surface area contributed by atoms with E-state index in [-0.39, 0.29) is 44.4 Å². The van der Waals surface area contributed by atoms with Gasteiger partial charge in [-0.15, -0.1) is 0 Å². The molecule has 0 saturated heterocycles. The summed E-state index contributed by atoms with van der Waals surface area (Å²) in [5.41, 5.74) is 0. The van der Waals surface area contributed by atoms with Crippen LogP contribution in [-0.4, -0.2) is 37.2 Å². The van der Waals surface area contributed by atoms with Gasteiger partial charge in [-0.1, -0.05) is 209 Å². The first-order chi connectivity index (χ1) is 32.0. The van der Waals surface area contributed by atoms with Gasteiger partial charge in [-0.3, -0.25) is 14.4 Å². The number of rotatable bonds is 40. The quantitative estimate of drug-likeness (QED) is 0.0200. The van der Waals surface area contributed by atoms with E-state index in [1.54, 1.807) is 0 Å². The summed E-state index contributed by atoms with van der Waals surface area (Å²) in [5, 5.41) is 0. The van der Waals surface area contributed by atoms with Crippen molar-refractivity contribution in [3.05, 3.63) is 182 Å². The van der Waals surface area contributed by atoms with Crippen LogP contribution in [0.2, 0.25) is 0 Å². The fourth-order valence-corrected chi connectivity index (χ4v) is 5.54. The third-order valence-corrected chi connectivity index (χ3v) is 9.08. The standard InChI is InChI=1S/C59H84O6/c1-4-7-10-13-16-19-22-24-26-28-29-31-32-34-37-40-43-46-49-52-58(61)64-55-56(54-63-57(60)51-48-45-42-39-36-21-18-15-12-9-6-3)65-59(62)53-50-47-44-41-38-35-33-30-27-25-23-20-17-14-11-8-5-2/h7-13,16-22,24-29,31-35,37,39,41-42,44,56H,4-6,14-15,23,30,36,38,40,43,45-55H2,1-3H3/b10-7-,11-8-,12-9-,16-13-,20-17-,21-18-,22-19-,26-24-,27-25-,29-28+,32-31-,35-33-,37-34-,42-39-,44-41-. The van der Waals surface area contributed by atoms with Gasteiger partial charge in [-0.05, 0) is 103 Å². The Morgan fingerprint density at radius 3 is 1.06 bits per heavy atom. The number of carbonyl (C=O) groups is 3. The number of hydrogen-bond acceptors (Lipinski definition) is 6. The van der Waals surface area contributed by atoms with Crippen LogP contribution in [0.4, 0.5) is 0 Å². The van der Waals surface area contributed by atoms with Crippen molar-refractivity contribution in [3.8, 4) is 0 Å². The fraction of sp³-hybridized carbons (Fsp3) is 0.441. The van der Waals surface area contributed by atoms with E-state index >= 15 is 0 Å². The predicted octanol–water partition coefficient (Wildman–Crippen LogP) is 16.2. The Labute approximate surface area is 395 Å². The van der Waals surface area contributed by atoms with Crippen molar-refractivity contribution in [1.29, 1.82) is 0 Å². The lowest BCUT2D eigenvalue weighted by molar-refractivity contribution is -0.167. The molecule has 1 unspecified atom stereocenters. The first-order valence-electron chi connectivity index (χ1n) is 24.4. The number of ether oxygens (including phenoxy) is 3. The van der Waals surface area contributed by atoms with Crippen LogP contribution in [0.1, 0.15) is 149 Å². The lowest BCUT2D eigenvalue weighted by atomic mass is 10.1. The number of allylic oxidation sites excluding steroid dienone is 30. The van der Waals surface area contributed by atoms with Gasteiger partial charge in [0.1, 0.15) is 13.2 Å². The molecule has 0 rings (SSSR count). The van der Waals surface area contributed by atoms with E-state index < -0.39 is 12.1 Å². The molecule has 0 amide bonds. The minimum atomic E-state index is -0.857. The van der Waals surface area contributed by atoms with Gasteiger partial charge in [0.2, 0.25) is 0 Å². The molecule has 0 aliphatic heterocycles. The Morgan fingerprint density at radius 1 is 0.323 bits per heavy atom. The van der Waals surface area contributed by atoms with E-state index in [1.165, 1.54) is 0 Å². The topological polar surface area (TPSA) is 78.9 Å². The summed E-state index contributed by atoms with van der Waals surface area (Å²) in [4.78, 5) is 37.9. The number of esters is 3. The molecule has 0 spiro atoms. The highest BCUT2D eigenvalue weighted by Gasteiger charge is 2.19. The third kappa shape index (κ3) is 49.4. The van der Waals surface area contributed by atoms with Crippen LogP contribution >= 0.6 is 0 Å². The average molecular weight is 889 g/mol. The molecule has 0 aromatic rings. The first-order valence-corrected chi connectivity index (χ1v) is 24.4. The zero-order valence-electron chi connectivity index (χ0n) is 40.4. The van der Waals surface area contributed by atoms with Gasteiger partial charge < -0.3 is 14.2 Å². The van der Waals surface area contributed by atoms with E-state index in [0.29, 0.717) is 19.3 Å².